The largest absolute Gasteiger partial charge is 0.480 e. The van der Waals surface area contributed by atoms with Gasteiger partial charge in [-0.15, -0.1) is 0 Å². The van der Waals surface area contributed by atoms with Crippen LogP contribution in [0.5, 0.6) is 0 Å². The van der Waals surface area contributed by atoms with E-state index < -0.39 is 12.0 Å². The average Bonchev–Trinajstić information content (AvgIpc) is 2.00. The maximum atomic E-state index is 10.8. The molecule has 6 heteroatoms. The first-order chi connectivity index (χ1) is 5.61. The predicted octanol–water partition coefficient (Wildman–Crippen LogP) is -1.29. The Morgan fingerprint density at radius 2 is 2.17 bits per heavy atom. The number of aliphatic carboxylic acids is 1. The molecule has 5 nitrogen and oxygen atoms in total. The lowest BCUT2D eigenvalue weighted by Gasteiger charge is -2.10. The molecule has 0 rings (SSSR count). The third kappa shape index (κ3) is 4.20. The second-order valence-electron chi connectivity index (χ2n) is 2.17. The van der Waals surface area contributed by atoms with Gasteiger partial charge in [0.1, 0.15) is 6.04 Å². The molecule has 3 N–H and O–H groups in total. The molecule has 70 valence electrons. The van der Waals surface area contributed by atoms with Gasteiger partial charge in [0.25, 0.3) is 0 Å². The standard InChI is InChI=1S/C6H12N2O3S/c1-7-2-5(9)8-4(3-12)6(10)11/h4,7,12H,2-3H2,1H3,(H,8,9)(H,10,11). The van der Waals surface area contributed by atoms with Crippen LogP contribution in [0.4, 0.5) is 0 Å². The van der Waals surface area contributed by atoms with Crippen molar-refractivity contribution in [2.45, 2.75) is 6.04 Å². The van der Waals surface area contributed by atoms with Crippen LogP contribution in [0, 0.1) is 0 Å². The highest BCUT2D eigenvalue weighted by Gasteiger charge is 2.16. The summed E-state index contributed by atoms with van der Waals surface area (Å²) in [6.07, 6.45) is 0. The maximum absolute atomic E-state index is 10.8. The molecule has 0 saturated heterocycles. The van der Waals surface area contributed by atoms with E-state index in [0.717, 1.165) is 0 Å². The first-order valence-corrected chi connectivity index (χ1v) is 4.02. The summed E-state index contributed by atoms with van der Waals surface area (Å²) >= 11 is 3.78. The van der Waals surface area contributed by atoms with E-state index in [1.54, 1.807) is 7.05 Å². The monoisotopic (exact) mass is 192 g/mol. The lowest BCUT2D eigenvalue weighted by Crippen LogP contribution is -2.45. The minimum Gasteiger partial charge on any atom is -0.480 e. The Morgan fingerprint density at radius 3 is 2.50 bits per heavy atom. The van der Waals surface area contributed by atoms with Crippen LogP contribution in [-0.4, -0.2) is 42.4 Å². The summed E-state index contributed by atoms with van der Waals surface area (Å²) in [6.45, 7) is 0.109. The highest BCUT2D eigenvalue weighted by molar-refractivity contribution is 7.80. The molecule has 0 aromatic heterocycles. The van der Waals surface area contributed by atoms with Crippen LogP contribution in [0.25, 0.3) is 0 Å². The minimum atomic E-state index is -1.07. The van der Waals surface area contributed by atoms with Crippen molar-refractivity contribution in [2.75, 3.05) is 19.3 Å². The number of carboxylic acids is 1. The zero-order chi connectivity index (χ0) is 9.56. The van der Waals surface area contributed by atoms with E-state index in [9.17, 15) is 9.59 Å². The molecule has 0 aromatic rings. The van der Waals surface area contributed by atoms with Crippen LogP contribution >= 0.6 is 12.6 Å². The topological polar surface area (TPSA) is 78.4 Å². The summed E-state index contributed by atoms with van der Waals surface area (Å²) in [7, 11) is 1.61. The predicted molar refractivity (Wildman–Crippen MR) is 47.3 cm³/mol. The van der Waals surface area contributed by atoms with E-state index >= 15 is 0 Å². The normalized spacial score (nSPS) is 12.2. The van der Waals surface area contributed by atoms with Gasteiger partial charge in [-0.2, -0.15) is 12.6 Å². The molecular weight excluding hydrogens is 180 g/mol. The Bertz CT molecular complexity index is 174. The summed E-state index contributed by atoms with van der Waals surface area (Å²) in [6, 6.07) is -0.908. The molecule has 12 heavy (non-hydrogen) atoms. The van der Waals surface area contributed by atoms with E-state index in [1.807, 2.05) is 0 Å². The summed E-state index contributed by atoms with van der Waals surface area (Å²) in [5.41, 5.74) is 0. The lowest BCUT2D eigenvalue weighted by atomic mass is 10.3. The lowest BCUT2D eigenvalue weighted by molar-refractivity contribution is -0.140. The van der Waals surface area contributed by atoms with Gasteiger partial charge in [-0.1, -0.05) is 0 Å². The van der Waals surface area contributed by atoms with Crippen molar-refractivity contribution in [3.63, 3.8) is 0 Å². The molecule has 1 amide bonds. The Kier molecular flexibility index (Phi) is 5.48. The van der Waals surface area contributed by atoms with Crippen molar-refractivity contribution >= 4 is 24.5 Å². The number of carboxylic acid groups (broad SMARTS) is 1. The van der Waals surface area contributed by atoms with Gasteiger partial charge in [0.15, 0.2) is 0 Å². The molecule has 0 fully saturated rings. The van der Waals surface area contributed by atoms with Crippen molar-refractivity contribution in [3.05, 3.63) is 0 Å². The maximum Gasteiger partial charge on any atom is 0.327 e. The number of hydrogen-bond acceptors (Lipinski definition) is 4. The highest BCUT2D eigenvalue weighted by atomic mass is 32.1. The third-order valence-corrected chi connectivity index (χ3v) is 1.52. The number of amides is 1. The minimum absolute atomic E-state index is 0.0881. The van der Waals surface area contributed by atoms with E-state index in [-0.39, 0.29) is 18.2 Å². The van der Waals surface area contributed by atoms with E-state index in [4.69, 9.17) is 5.11 Å². The zero-order valence-corrected chi connectivity index (χ0v) is 7.60. The van der Waals surface area contributed by atoms with Crippen molar-refractivity contribution in [2.24, 2.45) is 0 Å². The fourth-order valence-corrected chi connectivity index (χ4v) is 0.839. The van der Waals surface area contributed by atoms with Gasteiger partial charge in [-0.3, -0.25) is 4.79 Å². The van der Waals surface area contributed by atoms with E-state index in [0.29, 0.717) is 0 Å². The number of carbonyl (C=O) groups excluding carboxylic acids is 1. The fraction of sp³-hybridized carbons (Fsp3) is 0.667. The number of thiol groups is 1. The third-order valence-electron chi connectivity index (χ3n) is 1.15. The number of nitrogens with one attached hydrogen (secondary N) is 2. The van der Waals surface area contributed by atoms with Gasteiger partial charge in [-0.25, -0.2) is 4.79 Å². The average molecular weight is 192 g/mol. The molecule has 0 aliphatic heterocycles. The molecular formula is C6H12N2O3S. The van der Waals surface area contributed by atoms with Crippen LogP contribution in [0.15, 0.2) is 0 Å². The number of likely N-dealkylation sites (N-methyl/N-ethyl adjacent to an activating group) is 1. The Hall–Kier alpha value is -0.750. The smallest absolute Gasteiger partial charge is 0.327 e. The highest BCUT2D eigenvalue weighted by Crippen LogP contribution is 1.87. The second kappa shape index (κ2) is 5.84. The Balaban J connectivity index is 3.85. The van der Waals surface area contributed by atoms with Crippen LogP contribution < -0.4 is 10.6 Å². The van der Waals surface area contributed by atoms with Crippen molar-refractivity contribution in [3.8, 4) is 0 Å². The fourth-order valence-electron chi connectivity index (χ4n) is 0.591. The first kappa shape index (κ1) is 11.2. The molecule has 1 atom stereocenters. The van der Waals surface area contributed by atoms with Crippen LogP contribution in [-0.2, 0) is 9.59 Å². The molecule has 0 aromatic carbocycles. The Labute approximate surface area is 75.9 Å². The number of hydrogen-bond donors (Lipinski definition) is 4. The van der Waals surface area contributed by atoms with Crippen LogP contribution in [0.2, 0.25) is 0 Å². The second-order valence-corrected chi connectivity index (χ2v) is 2.54. The molecule has 1 unspecified atom stereocenters. The first-order valence-electron chi connectivity index (χ1n) is 3.39. The van der Waals surface area contributed by atoms with Gasteiger partial charge in [0, 0.05) is 5.75 Å². The quantitative estimate of drug-likeness (QED) is 0.408. The molecule has 0 bridgehead atoms. The zero-order valence-electron chi connectivity index (χ0n) is 6.70. The molecule has 0 aliphatic rings. The SMILES string of the molecule is CNCC(=O)NC(CS)C(=O)O. The summed E-state index contributed by atoms with van der Waals surface area (Å²) in [5, 5.41) is 13.4. The number of rotatable bonds is 5. The van der Waals surface area contributed by atoms with Crippen molar-refractivity contribution in [1.29, 1.82) is 0 Å². The van der Waals surface area contributed by atoms with Gasteiger partial charge in [-0.05, 0) is 7.05 Å². The summed E-state index contributed by atoms with van der Waals surface area (Å²) in [5.74, 6) is -1.33. The van der Waals surface area contributed by atoms with Gasteiger partial charge in [0.05, 0.1) is 6.54 Å². The summed E-state index contributed by atoms with van der Waals surface area (Å²) < 4.78 is 0. The van der Waals surface area contributed by atoms with Crippen LogP contribution in [0.1, 0.15) is 0 Å². The summed E-state index contributed by atoms with van der Waals surface area (Å²) in [4.78, 5) is 21.2. The molecule has 0 aliphatic carbocycles. The van der Waals surface area contributed by atoms with Gasteiger partial charge in [0.2, 0.25) is 5.91 Å². The van der Waals surface area contributed by atoms with Gasteiger partial charge >= 0.3 is 5.97 Å². The van der Waals surface area contributed by atoms with E-state index in [1.165, 1.54) is 0 Å². The van der Waals surface area contributed by atoms with Gasteiger partial charge < -0.3 is 15.7 Å². The van der Waals surface area contributed by atoms with Crippen LogP contribution in [0.3, 0.4) is 0 Å². The molecule has 0 heterocycles. The Morgan fingerprint density at radius 1 is 1.58 bits per heavy atom. The van der Waals surface area contributed by atoms with Crippen molar-refractivity contribution < 1.29 is 14.7 Å². The molecule has 0 spiro atoms. The molecule has 0 radical (unpaired) electrons. The van der Waals surface area contributed by atoms with Crippen molar-refractivity contribution in [1.82, 2.24) is 10.6 Å². The number of carbonyl (C=O) groups is 2. The van der Waals surface area contributed by atoms with E-state index in [2.05, 4.69) is 23.3 Å². The molecule has 0 saturated carbocycles.